The van der Waals surface area contributed by atoms with Gasteiger partial charge < -0.3 is 5.32 Å². The van der Waals surface area contributed by atoms with Crippen LogP contribution in [0.3, 0.4) is 0 Å². The van der Waals surface area contributed by atoms with E-state index in [1.54, 1.807) is 0 Å². The first-order chi connectivity index (χ1) is 5.04. The maximum Gasteiger partial charge on any atom is 0.225 e. The molecule has 0 saturated heterocycles. The topological polar surface area (TPSA) is 29.1 Å². The van der Waals surface area contributed by atoms with Crippen LogP contribution in [0.1, 0.15) is 27.2 Å². The Morgan fingerprint density at radius 3 is 2.45 bits per heavy atom. The molecule has 0 heterocycles. The van der Waals surface area contributed by atoms with Crippen molar-refractivity contribution in [3.05, 3.63) is 0 Å². The summed E-state index contributed by atoms with van der Waals surface area (Å²) in [5.74, 6) is 0.164. The van der Waals surface area contributed by atoms with Gasteiger partial charge in [0.2, 0.25) is 5.91 Å². The number of alkyl halides is 1. The second kappa shape index (κ2) is 4.95. The fourth-order valence-electron chi connectivity index (χ4n) is 0.561. The van der Waals surface area contributed by atoms with Crippen molar-refractivity contribution in [2.24, 2.45) is 5.41 Å². The summed E-state index contributed by atoms with van der Waals surface area (Å²) < 4.78 is 0.975. The van der Waals surface area contributed by atoms with E-state index in [0.717, 1.165) is 17.4 Å². The van der Waals surface area contributed by atoms with Crippen LogP contribution in [0.5, 0.6) is 0 Å². The first-order valence-electron chi connectivity index (χ1n) is 3.89. The summed E-state index contributed by atoms with van der Waals surface area (Å²) >= 11 is 2.25. The third-order valence-electron chi connectivity index (χ3n) is 1.88. The predicted molar refractivity (Wildman–Crippen MR) is 56.0 cm³/mol. The van der Waals surface area contributed by atoms with Crippen molar-refractivity contribution >= 4 is 28.5 Å². The molecule has 0 bridgehead atoms. The maximum absolute atomic E-state index is 11.3. The zero-order chi connectivity index (χ0) is 8.91. The molecule has 66 valence electrons. The van der Waals surface area contributed by atoms with Gasteiger partial charge >= 0.3 is 0 Å². The molecule has 0 aromatic heterocycles. The van der Waals surface area contributed by atoms with Gasteiger partial charge in [-0.3, -0.25) is 4.79 Å². The van der Waals surface area contributed by atoms with Crippen LogP contribution in [-0.4, -0.2) is 16.9 Å². The Bertz CT molecular complexity index is 134. The van der Waals surface area contributed by atoms with Crippen LogP contribution in [-0.2, 0) is 4.79 Å². The molecule has 0 aliphatic rings. The summed E-state index contributed by atoms with van der Waals surface area (Å²) in [6, 6.07) is 0. The number of hydrogen-bond donors (Lipinski definition) is 1. The van der Waals surface area contributed by atoms with Gasteiger partial charge in [-0.1, -0.05) is 43.4 Å². The monoisotopic (exact) mass is 269 g/mol. The molecule has 3 heteroatoms. The average Bonchev–Trinajstić information content (AvgIpc) is 2.00. The third kappa shape index (κ3) is 3.94. The van der Waals surface area contributed by atoms with Gasteiger partial charge in [-0.15, -0.1) is 0 Å². The quantitative estimate of drug-likeness (QED) is 0.613. The van der Waals surface area contributed by atoms with Gasteiger partial charge in [0.1, 0.15) is 0 Å². The fraction of sp³-hybridized carbons (Fsp3) is 0.875. The molecule has 0 radical (unpaired) electrons. The summed E-state index contributed by atoms with van der Waals surface area (Å²) in [6.45, 7) is 6.75. The molecular weight excluding hydrogens is 253 g/mol. The molecule has 0 spiro atoms. The zero-order valence-electron chi connectivity index (χ0n) is 7.41. The Hall–Kier alpha value is 0.200. The van der Waals surface area contributed by atoms with E-state index in [1.807, 2.05) is 20.8 Å². The van der Waals surface area contributed by atoms with Crippen LogP contribution < -0.4 is 5.32 Å². The van der Waals surface area contributed by atoms with Gasteiger partial charge in [-0.05, 0) is 6.42 Å². The predicted octanol–water partition coefficient (Wildman–Crippen LogP) is 1.97. The Balaban J connectivity index is 3.82. The van der Waals surface area contributed by atoms with Crippen LogP contribution >= 0.6 is 22.6 Å². The smallest absolute Gasteiger partial charge is 0.225 e. The van der Waals surface area contributed by atoms with Crippen molar-refractivity contribution < 1.29 is 4.79 Å². The highest BCUT2D eigenvalue weighted by Crippen LogP contribution is 2.18. The number of rotatable bonds is 4. The summed E-state index contributed by atoms with van der Waals surface area (Å²) in [5, 5.41) is 2.88. The Kier molecular flexibility index (Phi) is 5.04. The zero-order valence-corrected chi connectivity index (χ0v) is 9.57. The summed E-state index contributed by atoms with van der Waals surface area (Å²) in [6.07, 6.45) is 0.889. The van der Waals surface area contributed by atoms with Crippen LogP contribution in [0.4, 0.5) is 0 Å². The highest BCUT2D eigenvalue weighted by Gasteiger charge is 2.24. The number of carbonyl (C=O) groups is 1. The van der Waals surface area contributed by atoms with Crippen molar-refractivity contribution in [3.63, 3.8) is 0 Å². The number of nitrogens with one attached hydrogen (secondary N) is 1. The molecule has 1 amide bonds. The third-order valence-corrected chi connectivity index (χ3v) is 2.42. The maximum atomic E-state index is 11.3. The minimum absolute atomic E-state index is 0.164. The molecule has 0 aromatic rings. The van der Waals surface area contributed by atoms with Gasteiger partial charge in [0.25, 0.3) is 0 Å². The molecule has 0 fully saturated rings. The van der Waals surface area contributed by atoms with E-state index in [9.17, 15) is 4.79 Å². The Morgan fingerprint density at radius 2 is 2.09 bits per heavy atom. The lowest BCUT2D eigenvalue weighted by molar-refractivity contribution is -0.129. The molecule has 0 rings (SSSR count). The van der Waals surface area contributed by atoms with Gasteiger partial charge in [0.15, 0.2) is 0 Å². The molecule has 0 aliphatic heterocycles. The van der Waals surface area contributed by atoms with Gasteiger partial charge in [0, 0.05) is 16.4 Å². The normalized spacial score (nSPS) is 11.3. The highest BCUT2D eigenvalue weighted by atomic mass is 127. The lowest BCUT2D eigenvalue weighted by Gasteiger charge is -2.20. The highest BCUT2D eigenvalue weighted by molar-refractivity contribution is 14.1. The fourth-order valence-corrected chi connectivity index (χ4v) is 0.830. The minimum Gasteiger partial charge on any atom is -0.355 e. The molecule has 11 heavy (non-hydrogen) atoms. The SMILES string of the molecule is CCC(C)(C)C(=O)NCCI. The number of halogens is 1. The summed E-state index contributed by atoms with van der Waals surface area (Å²) in [4.78, 5) is 11.3. The van der Waals surface area contributed by atoms with Crippen molar-refractivity contribution in [1.29, 1.82) is 0 Å². The molecule has 0 atom stereocenters. The van der Waals surface area contributed by atoms with E-state index < -0.39 is 0 Å². The molecule has 0 aromatic carbocycles. The Labute approximate surface area is 82.3 Å². The van der Waals surface area contributed by atoms with Crippen molar-refractivity contribution in [2.45, 2.75) is 27.2 Å². The molecule has 2 nitrogen and oxygen atoms in total. The van der Waals surface area contributed by atoms with E-state index >= 15 is 0 Å². The number of hydrogen-bond acceptors (Lipinski definition) is 1. The second-order valence-electron chi connectivity index (χ2n) is 3.18. The minimum atomic E-state index is -0.203. The first-order valence-corrected chi connectivity index (χ1v) is 5.41. The first kappa shape index (κ1) is 11.2. The molecule has 0 unspecified atom stereocenters. The van der Waals surface area contributed by atoms with Crippen LogP contribution in [0.2, 0.25) is 0 Å². The van der Waals surface area contributed by atoms with Gasteiger partial charge in [-0.25, -0.2) is 0 Å². The van der Waals surface area contributed by atoms with Crippen molar-refractivity contribution in [3.8, 4) is 0 Å². The van der Waals surface area contributed by atoms with Crippen molar-refractivity contribution in [1.82, 2.24) is 5.32 Å². The molecule has 0 aliphatic carbocycles. The second-order valence-corrected chi connectivity index (χ2v) is 4.26. The van der Waals surface area contributed by atoms with Crippen LogP contribution in [0.15, 0.2) is 0 Å². The molecular formula is C8H16INO. The average molecular weight is 269 g/mol. The largest absolute Gasteiger partial charge is 0.355 e. The lowest BCUT2D eigenvalue weighted by Crippen LogP contribution is -2.37. The summed E-state index contributed by atoms with van der Waals surface area (Å²) in [7, 11) is 0. The number of amides is 1. The van der Waals surface area contributed by atoms with Crippen LogP contribution in [0.25, 0.3) is 0 Å². The summed E-state index contributed by atoms with van der Waals surface area (Å²) in [5.41, 5.74) is -0.203. The van der Waals surface area contributed by atoms with E-state index in [2.05, 4.69) is 27.9 Å². The molecule has 0 saturated carbocycles. The standard InChI is InChI=1S/C8H16INO/c1-4-8(2,3)7(11)10-6-5-9/h4-6H2,1-3H3,(H,10,11). The van der Waals surface area contributed by atoms with E-state index in [-0.39, 0.29) is 11.3 Å². The molecule has 1 N–H and O–H groups in total. The lowest BCUT2D eigenvalue weighted by atomic mass is 9.89. The van der Waals surface area contributed by atoms with Gasteiger partial charge in [0.05, 0.1) is 0 Å². The number of carbonyl (C=O) groups excluding carboxylic acids is 1. The van der Waals surface area contributed by atoms with E-state index in [0.29, 0.717) is 0 Å². The van der Waals surface area contributed by atoms with Crippen LogP contribution in [0, 0.1) is 5.41 Å². The van der Waals surface area contributed by atoms with Gasteiger partial charge in [-0.2, -0.15) is 0 Å². The van der Waals surface area contributed by atoms with Crippen molar-refractivity contribution in [2.75, 3.05) is 11.0 Å². The van der Waals surface area contributed by atoms with E-state index in [1.165, 1.54) is 0 Å². The Morgan fingerprint density at radius 1 is 1.55 bits per heavy atom. The van der Waals surface area contributed by atoms with E-state index in [4.69, 9.17) is 0 Å².